The Morgan fingerprint density at radius 1 is 1.15 bits per heavy atom. The Kier molecular flexibility index (Phi) is 6.50. The van der Waals surface area contributed by atoms with E-state index in [1.165, 1.54) is 40.3 Å². The maximum absolute atomic E-state index is 13.3. The molecular formula is C24H24FN5O2S. The maximum atomic E-state index is 13.3. The smallest absolute Gasteiger partial charge is 0.277 e. The molecular weight excluding hydrogens is 441 g/mol. The van der Waals surface area contributed by atoms with Crippen molar-refractivity contribution in [3.63, 3.8) is 0 Å². The van der Waals surface area contributed by atoms with E-state index in [1.54, 1.807) is 12.1 Å². The first-order valence-corrected chi connectivity index (χ1v) is 11.6. The summed E-state index contributed by atoms with van der Waals surface area (Å²) in [7, 11) is 0. The minimum absolute atomic E-state index is 0.164. The zero-order valence-electron chi connectivity index (χ0n) is 18.6. The number of thiazole rings is 1. The van der Waals surface area contributed by atoms with Gasteiger partial charge in [0.1, 0.15) is 11.5 Å². The molecule has 0 aliphatic rings. The first kappa shape index (κ1) is 22.6. The molecule has 0 atom stereocenters. The first-order chi connectivity index (χ1) is 15.9. The number of rotatable bonds is 7. The van der Waals surface area contributed by atoms with Gasteiger partial charge >= 0.3 is 0 Å². The number of nitrogens with zero attached hydrogens (tertiary/aromatic N) is 4. The summed E-state index contributed by atoms with van der Waals surface area (Å²) in [6.07, 6.45) is 1.73. The van der Waals surface area contributed by atoms with Gasteiger partial charge in [-0.25, -0.2) is 14.1 Å². The van der Waals surface area contributed by atoms with E-state index in [1.807, 2.05) is 36.8 Å². The number of aryl methyl sites for hydroxylation is 2. The average Bonchev–Trinajstić information content (AvgIpc) is 3.37. The van der Waals surface area contributed by atoms with E-state index in [0.29, 0.717) is 11.7 Å². The molecule has 0 bridgehead atoms. The van der Waals surface area contributed by atoms with Crippen molar-refractivity contribution in [3.05, 3.63) is 81.1 Å². The Labute approximate surface area is 194 Å². The van der Waals surface area contributed by atoms with Crippen LogP contribution in [-0.4, -0.2) is 25.2 Å². The highest BCUT2D eigenvalue weighted by Crippen LogP contribution is 2.31. The van der Waals surface area contributed by atoms with Gasteiger partial charge in [0, 0.05) is 40.6 Å². The lowest BCUT2D eigenvalue weighted by Gasteiger charge is -2.09. The lowest BCUT2D eigenvalue weighted by molar-refractivity contribution is 0.101. The second kappa shape index (κ2) is 9.50. The van der Waals surface area contributed by atoms with Crippen LogP contribution in [0.2, 0.25) is 0 Å². The van der Waals surface area contributed by atoms with E-state index < -0.39 is 5.91 Å². The SMILES string of the molecule is CCCCn1nc(C(=O)Nc2nc(-c3cc(C)n(-c4ccc(F)cc4)c3C)cs2)ccc1=O. The molecule has 1 N–H and O–H groups in total. The van der Waals surface area contributed by atoms with Crippen LogP contribution in [0.15, 0.2) is 52.6 Å². The summed E-state index contributed by atoms with van der Waals surface area (Å²) in [5, 5.41) is 9.27. The van der Waals surface area contributed by atoms with Crippen molar-refractivity contribution in [1.29, 1.82) is 0 Å². The molecule has 170 valence electrons. The number of hydrogen-bond acceptors (Lipinski definition) is 5. The number of unbranched alkanes of at least 4 members (excludes halogenated alkanes) is 1. The van der Waals surface area contributed by atoms with Crippen molar-refractivity contribution < 1.29 is 9.18 Å². The van der Waals surface area contributed by atoms with Crippen molar-refractivity contribution in [2.75, 3.05) is 5.32 Å². The third-order valence-electron chi connectivity index (χ3n) is 5.34. The highest BCUT2D eigenvalue weighted by molar-refractivity contribution is 7.14. The Bertz CT molecular complexity index is 1350. The van der Waals surface area contributed by atoms with E-state index in [4.69, 9.17) is 0 Å². The zero-order chi connectivity index (χ0) is 23.5. The number of nitrogens with one attached hydrogen (secondary N) is 1. The fraction of sp³-hybridized carbons (Fsp3) is 0.250. The lowest BCUT2D eigenvalue weighted by atomic mass is 10.2. The van der Waals surface area contributed by atoms with Gasteiger partial charge in [-0.3, -0.25) is 14.9 Å². The van der Waals surface area contributed by atoms with Crippen molar-refractivity contribution in [2.24, 2.45) is 0 Å². The molecule has 3 aromatic heterocycles. The third-order valence-corrected chi connectivity index (χ3v) is 6.10. The minimum Gasteiger partial charge on any atom is -0.318 e. The normalized spacial score (nSPS) is 11.0. The number of halogens is 1. The Hall–Kier alpha value is -3.59. The molecule has 4 aromatic rings. The van der Waals surface area contributed by atoms with Gasteiger partial charge in [0.25, 0.3) is 11.5 Å². The standard InChI is InChI=1S/C24H24FN5O2S/c1-4-5-12-29-22(31)11-10-20(28-29)23(32)27-24-26-21(14-33-24)19-13-15(2)30(16(19)3)18-8-6-17(25)7-9-18/h6-11,13-14H,4-5,12H2,1-3H3,(H,26,27,32). The fourth-order valence-electron chi connectivity index (χ4n) is 3.66. The summed E-state index contributed by atoms with van der Waals surface area (Å²) in [6.45, 7) is 6.46. The van der Waals surface area contributed by atoms with Crippen LogP contribution in [0.25, 0.3) is 16.9 Å². The molecule has 0 spiro atoms. The molecule has 0 saturated heterocycles. The number of hydrogen-bond donors (Lipinski definition) is 1. The second-order valence-electron chi connectivity index (χ2n) is 7.72. The van der Waals surface area contributed by atoms with Crippen LogP contribution in [-0.2, 0) is 6.54 Å². The molecule has 7 nitrogen and oxygen atoms in total. The van der Waals surface area contributed by atoms with Crippen LogP contribution in [0, 0.1) is 19.7 Å². The molecule has 3 heterocycles. The van der Waals surface area contributed by atoms with Gasteiger partial charge in [-0.2, -0.15) is 5.10 Å². The molecule has 0 saturated carbocycles. The van der Waals surface area contributed by atoms with E-state index in [-0.39, 0.29) is 17.1 Å². The van der Waals surface area contributed by atoms with Crippen molar-refractivity contribution in [3.8, 4) is 16.9 Å². The fourth-order valence-corrected chi connectivity index (χ4v) is 4.37. The summed E-state index contributed by atoms with van der Waals surface area (Å²) in [5.74, 6) is -0.700. The van der Waals surface area contributed by atoms with Crippen LogP contribution < -0.4 is 10.9 Å². The summed E-state index contributed by atoms with van der Waals surface area (Å²) in [5.41, 5.74) is 4.42. The molecule has 33 heavy (non-hydrogen) atoms. The largest absolute Gasteiger partial charge is 0.318 e. The van der Waals surface area contributed by atoms with Gasteiger partial charge in [-0.05, 0) is 56.7 Å². The van der Waals surface area contributed by atoms with E-state index in [9.17, 15) is 14.0 Å². The van der Waals surface area contributed by atoms with Crippen molar-refractivity contribution in [1.82, 2.24) is 19.3 Å². The number of amides is 1. The number of anilines is 1. The molecule has 0 radical (unpaired) electrons. The zero-order valence-corrected chi connectivity index (χ0v) is 19.4. The van der Waals surface area contributed by atoms with E-state index in [2.05, 4.69) is 15.4 Å². The Morgan fingerprint density at radius 3 is 2.64 bits per heavy atom. The molecule has 0 aliphatic carbocycles. The van der Waals surface area contributed by atoms with Crippen LogP contribution in [0.3, 0.4) is 0 Å². The lowest BCUT2D eigenvalue weighted by Crippen LogP contribution is -2.26. The van der Waals surface area contributed by atoms with Gasteiger partial charge < -0.3 is 4.57 Å². The van der Waals surface area contributed by atoms with E-state index >= 15 is 0 Å². The summed E-state index contributed by atoms with van der Waals surface area (Å²) >= 11 is 1.31. The van der Waals surface area contributed by atoms with Crippen LogP contribution in [0.1, 0.15) is 41.6 Å². The number of aromatic nitrogens is 4. The third kappa shape index (κ3) is 4.78. The van der Waals surface area contributed by atoms with Crippen LogP contribution in [0.4, 0.5) is 9.52 Å². The molecule has 9 heteroatoms. The summed E-state index contributed by atoms with van der Waals surface area (Å²) < 4.78 is 16.7. The van der Waals surface area contributed by atoms with Gasteiger partial charge in [0.05, 0.1) is 5.69 Å². The molecule has 0 aliphatic heterocycles. The van der Waals surface area contributed by atoms with Gasteiger partial charge in [0.15, 0.2) is 5.13 Å². The van der Waals surface area contributed by atoms with Gasteiger partial charge in [-0.1, -0.05) is 13.3 Å². The summed E-state index contributed by atoms with van der Waals surface area (Å²) in [6, 6.07) is 11.1. The summed E-state index contributed by atoms with van der Waals surface area (Å²) in [4.78, 5) is 29.2. The number of benzene rings is 1. The number of carbonyl (C=O) groups is 1. The molecule has 0 unspecified atom stereocenters. The highest BCUT2D eigenvalue weighted by Gasteiger charge is 2.17. The molecule has 0 fully saturated rings. The topological polar surface area (TPSA) is 81.8 Å². The molecule has 4 rings (SSSR count). The monoisotopic (exact) mass is 465 g/mol. The number of carbonyl (C=O) groups excluding carboxylic acids is 1. The maximum Gasteiger partial charge on any atom is 0.277 e. The predicted octanol–water partition coefficient (Wildman–Crippen LogP) is 4.97. The van der Waals surface area contributed by atoms with Crippen LogP contribution in [0.5, 0.6) is 0 Å². The van der Waals surface area contributed by atoms with E-state index in [0.717, 1.165) is 41.2 Å². The van der Waals surface area contributed by atoms with Gasteiger partial charge in [-0.15, -0.1) is 11.3 Å². The van der Waals surface area contributed by atoms with Gasteiger partial charge in [0.2, 0.25) is 0 Å². The van der Waals surface area contributed by atoms with Crippen molar-refractivity contribution >= 4 is 22.4 Å². The highest BCUT2D eigenvalue weighted by atomic mass is 32.1. The molecule has 1 aromatic carbocycles. The Morgan fingerprint density at radius 2 is 1.91 bits per heavy atom. The second-order valence-corrected chi connectivity index (χ2v) is 8.58. The Balaban J connectivity index is 1.55. The average molecular weight is 466 g/mol. The first-order valence-electron chi connectivity index (χ1n) is 10.7. The molecule has 1 amide bonds. The quantitative estimate of drug-likeness (QED) is 0.418. The van der Waals surface area contributed by atoms with Crippen molar-refractivity contribution in [2.45, 2.75) is 40.2 Å². The predicted molar refractivity (Wildman–Crippen MR) is 128 cm³/mol. The minimum atomic E-state index is -0.419. The van der Waals surface area contributed by atoms with Crippen LogP contribution >= 0.6 is 11.3 Å².